The molecule has 0 aliphatic rings. The van der Waals surface area contributed by atoms with Crippen molar-refractivity contribution < 1.29 is 14.7 Å². The SMILES string of the molecule is N#Cc1cccnc1NC(=O)CCC(=O)O. The first kappa shape index (κ1) is 11.7. The molecule has 1 amide bonds. The topological polar surface area (TPSA) is 103 Å². The third-order valence-corrected chi connectivity index (χ3v) is 1.75. The molecule has 0 aromatic carbocycles. The van der Waals surface area contributed by atoms with Crippen LogP contribution in [0.4, 0.5) is 5.82 Å². The second-order valence-electron chi connectivity index (χ2n) is 2.95. The first-order chi connectivity index (χ1) is 7.63. The molecule has 0 atom stereocenters. The van der Waals surface area contributed by atoms with Gasteiger partial charge in [0.25, 0.3) is 0 Å². The Kier molecular flexibility index (Phi) is 3.98. The Morgan fingerprint density at radius 1 is 1.50 bits per heavy atom. The van der Waals surface area contributed by atoms with E-state index in [0.717, 1.165) is 0 Å². The van der Waals surface area contributed by atoms with Gasteiger partial charge in [-0.15, -0.1) is 0 Å². The Morgan fingerprint density at radius 3 is 2.88 bits per heavy atom. The maximum absolute atomic E-state index is 11.3. The summed E-state index contributed by atoms with van der Waals surface area (Å²) in [6, 6.07) is 4.96. The summed E-state index contributed by atoms with van der Waals surface area (Å²) in [6.45, 7) is 0. The fourth-order valence-electron chi connectivity index (χ4n) is 1.01. The van der Waals surface area contributed by atoms with E-state index in [1.807, 2.05) is 6.07 Å². The van der Waals surface area contributed by atoms with E-state index in [-0.39, 0.29) is 24.2 Å². The van der Waals surface area contributed by atoms with Gasteiger partial charge in [-0.1, -0.05) is 0 Å². The number of nitriles is 1. The first-order valence-corrected chi connectivity index (χ1v) is 4.50. The van der Waals surface area contributed by atoms with Crippen LogP contribution >= 0.6 is 0 Å². The molecule has 0 saturated heterocycles. The molecule has 0 bridgehead atoms. The summed E-state index contributed by atoms with van der Waals surface area (Å²) in [5, 5.41) is 19.5. The summed E-state index contributed by atoms with van der Waals surface area (Å²) in [5.74, 6) is -1.37. The molecule has 82 valence electrons. The molecule has 6 nitrogen and oxygen atoms in total. The van der Waals surface area contributed by atoms with Gasteiger partial charge in [-0.3, -0.25) is 9.59 Å². The van der Waals surface area contributed by atoms with Crippen molar-refractivity contribution in [2.75, 3.05) is 5.32 Å². The fraction of sp³-hybridized carbons (Fsp3) is 0.200. The lowest BCUT2D eigenvalue weighted by atomic mass is 10.2. The molecule has 1 heterocycles. The van der Waals surface area contributed by atoms with Gasteiger partial charge in [-0.2, -0.15) is 5.26 Å². The van der Waals surface area contributed by atoms with E-state index < -0.39 is 11.9 Å². The normalized spacial score (nSPS) is 9.19. The minimum Gasteiger partial charge on any atom is -0.481 e. The van der Waals surface area contributed by atoms with Crippen molar-refractivity contribution in [1.29, 1.82) is 5.26 Å². The number of pyridine rings is 1. The van der Waals surface area contributed by atoms with Crippen LogP contribution in [0.1, 0.15) is 18.4 Å². The predicted molar refractivity (Wildman–Crippen MR) is 54.5 cm³/mol. The number of nitrogens with one attached hydrogen (secondary N) is 1. The summed E-state index contributed by atoms with van der Waals surface area (Å²) in [4.78, 5) is 25.3. The van der Waals surface area contributed by atoms with Gasteiger partial charge in [-0.05, 0) is 12.1 Å². The van der Waals surface area contributed by atoms with E-state index in [1.165, 1.54) is 12.3 Å². The average Bonchev–Trinajstić information content (AvgIpc) is 2.27. The summed E-state index contributed by atoms with van der Waals surface area (Å²) >= 11 is 0. The van der Waals surface area contributed by atoms with Gasteiger partial charge in [0.05, 0.1) is 12.0 Å². The van der Waals surface area contributed by atoms with Gasteiger partial charge in [0.2, 0.25) is 5.91 Å². The lowest BCUT2D eigenvalue weighted by Gasteiger charge is -2.04. The summed E-state index contributed by atoms with van der Waals surface area (Å²) in [7, 11) is 0. The number of carbonyl (C=O) groups excluding carboxylic acids is 1. The summed E-state index contributed by atoms with van der Waals surface area (Å²) in [6.07, 6.45) is 1.05. The third-order valence-electron chi connectivity index (χ3n) is 1.75. The molecule has 1 aromatic rings. The number of amides is 1. The molecule has 0 aliphatic heterocycles. The van der Waals surface area contributed by atoms with E-state index in [0.29, 0.717) is 0 Å². The highest BCUT2D eigenvalue weighted by molar-refractivity contribution is 5.92. The Labute approximate surface area is 91.5 Å². The van der Waals surface area contributed by atoms with Crippen molar-refractivity contribution in [2.45, 2.75) is 12.8 Å². The minimum absolute atomic E-state index is 0.142. The van der Waals surface area contributed by atoms with Crippen molar-refractivity contribution >= 4 is 17.7 Å². The van der Waals surface area contributed by atoms with Gasteiger partial charge < -0.3 is 10.4 Å². The molecule has 0 spiro atoms. The number of nitrogens with zero attached hydrogens (tertiary/aromatic N) is 2. The zero-order valence-electron chi connectivity index (χ0n) is 8.30. The Balaban J connectivity index is 2.63. The largest absolute Gasteiger partial charge is 0.481 e. The second-order valence-corrected chi connectivity index (χ2v) is 2.95. The molecule has 2 N–H and O–H groups in total. The molecule has 0 fully saturated rings. The van der Waals surface area contributed by atoms with Gasteiger partial charge in [-0.25, -0.2) is 4.98 Å². The van der Waals surface area contributed by atoms with Crippen LogP contribution in [-0.4, -0.2) is 22.0 Å². The van der Waals surface area contributed by atoms with Crippen molar-refractivity contribution in [3.05, 3.63) is 23.9 Å². The molecule has 0 saturated carbocycles. The van der Waals surface area contributed by atoms with Crippen LogP contribution in [0.3, 0.4) is 0 Å². The zero-order chi connectivity index (χ0) is 12.0. The van der Waals surface area contributed by atoms with E-state index in [1.54, 1.807) is 6.07 Å². The Hall–Kier alpha value is -2.42. The molecular weight excluding hydrogens is 210 g/mol. The fourth-order valence-corrected chi connectivity index (χ4v) is 1.01. The van der Waals surface area contributed by atoms with Crippen molar-refractivity contribution in [3.8, 4) is 6.07 Å². The maximum Gasteiger partial charge on any atom is 0.303 e. The van der Waals surface area contributed by atoms with Crippen LogP contribution in [0, 0.1) is 11.3 Å². The highest BCUT2D eigenvalue weighted by Crippen LogP contribution is 2.09. The number of hydrogen-bond donors (Lipinski definition) is 2. The number of rotatable bonds is 4. The predicted octanol–water partition coefficient (Wildman–Crippen LogP) is 0.757. The molecule has 0 unspecified atom stereocenters. The zero-order valence-corrected chi connectivity index (χ0v) is 8.30. The second kappa shape index (κ2) is 5.46. The number of anilines is 1. The number of aromatic nitrogens is 1. The summed E-state index contributed by atoms with van der Waals surface area (Å²) in [5.41, 5.74) is 0.242. The van der Waals surface area contributed by atoms with Crippen molar-refractivity contribution in [1.82, 2.24) is 4.98 Å². The van der Waals surface area contributed by atoms with Crippen molar-refractivity contribution in [3.63, 3.8) is 0 Å². The van der Waals surface area contributed by atoms with Crippen LogP contribution in [0.25, 0.3) is 0 Å². The molecule has 0 aliphatic carbocycles. The quantitative estimate of drug-likeness (QED) is 0.777. The van der Waals surface area contributed by atoms with Gasteiger partial charge in [0.15, 0.2) is 0 Å². The van der Waals surface area contributed by atoms with Crippen LogP contribution in [-0.2, 0) is 9.59 Å². The van der Waals surface area contributed by atoms with Gasteiger partial charge >= 0.3 is 5.97 Å². The molecule has 0 radical (unpaired) electrons. The number of hydrogen-bond acceptors (Lipinski definition) is 4. The van der Waals surface area contributed by atoms with Crippen LogP contribution < -0.4 is 5.32 Å². The Bertz CT molecular complexity index is 451. The Morgan fingerprint density at radius 2 is 2.25 bits per heavy atom. The molecule has 6 heteroatoms. The smallest absolute Gasteiger partial charge is 0.303 e. The van der Waals surface area contributed by atoms with E-state index in [2.05, 4.69) is 10.3 Å². The van der Waals surface area contributed by atoms with Crippen LogP contribution in [0.5, 0.6) is 0 Å². The standard InChI is InChI=1S/C10H9N3O3/c11-6-7-2-1-5-12-10(7)13-8(14)3-4-9(15)16/h1-2,5H,3-4H2,(H,15,16)(H,12,13,14). The molecule has 16 heavy (non-hydrogen) atoms. The maximum atomic E-state index is 11.3. The number of carboxylic acids is 1. The number of carbonyl (C=O) groups is 2. The third kappa shape index (κ3) is 3.38. The number of carboxylic acid groups (broad SMARTS) is 1. The highest BCUT2D eigenvalue weighted by Gasteiger charge is 2.08. The average molecular weight is 219 g/mol. The van der Waals surface area contributed by atoms with E-state index in [9.17, 15) is 9.59 Å². The number of aliphatic carboxylic acids is 1. The van der Waals surface area contributed by atoms with E-state index >= 15 is 0 Å². The van der Waals surface area contributed by atoms with Crippen molar-refractivity contribution in [2.24, 2.45) is 0 Å². The highest BCUT2D eigenvalue weighted by atomic mass is 16.4. The molecule has 1 rings (SSSR count). The van der Waals surface area contributed by atoms with Crippen LogP contribution in [0.2, 0.25) is 0 Å². The minimum atomic E-state index is -1.04. The lowest BCUT2D eigenvalue weighted by Crippen LogP contribution is -2.14. The van der Waals surface area contributed by atoms with E-state index in [4.69, 9.17) is 10.4 Å². The molecule has 1 aromatic heterocycles. The lowest BCUT2D eigenvalue weighted by molar-refractivity contribution is -0.138. The monoisotopic (exact) mass is 219 g/mol. The van der Waals surface area contributed by atoms with Crippen LogP contribution in [0.15, 0.2) is 18.3 Å². The van der Waals surface area contributed by atoms with Gasteiger partial charge in [0, 0.05) is 12.6 Å². The summed E-state index contributed by atoms with van der Waals surface area (Å²) < 4.78 is 0. The van der Waals surface area contributed by atoms with Gasteiger partial charge in [0.1, 0.15) is 11.9 Å². The first-order valence-electron chi connectivity index (χ1n) is 4.50. The molecular formula is C10H9N3O3.